The molecule has 0 aromatic rings. The van der Waals surface area contributed by atoms with E-state index in [0.29, 0.717) is 5.54 Å². The Kier molecular flexibility index (Phi) is 45.3. The molecule has 0 aliphatic carbocycles. The Morgan fingerprint density at radius 3 is 0.642 bits per heavy atom. The van der Waals surface area contributed by atoms with Crippen LogP contribution in [0.1, 0.15) is 304 Å². The molecule has 0 amide bonds. The van der Waals surface area contributed by atoms with E-state index in [1.807, 2.05) is 0 Å². The fourth-order valence-electron chi connectivity index (χ4n) is 8.87. The van der Waals surface area contributed by atoms with Crippen molar-refractivity contribution in [1.82, 2.24) is 0 Å². The van der Waals surface area contributed by atoms with Crippen molar-refractivity contribution < 1.29 is 16.9 Å². The molecule has 0 aromatic carbocycles. The molecule has 1 nitrogen and oxygen atoms in total. The van der Waals surface area contributed by atoms with Gasteiger partial charge >= 0.3 is 0 Å². The summed E-state index contributed by atoms with van der Waals surface area (Å²) in [7, 11) is 2.66. The maximum atomic E-state index is 2.66. The summed E-state index contributed by atoms with van der Waals surface area (Å²) in [5.74, 6) is 0. The smallest absolute Gasteiger partial charge is 0.0933 e. The Labute approximate surface area is 345 Å². The Balaban J connectivity index is 0. The molecule has 0 aliphatic heterocycles. The minimum atomic E-state index is 0. The second kappa shape index (κ2) is 43.4. The minimum absolute atomic E-state index is 0. The van der Waals surface area contributed by atoms with Crippen LogP contribution in [0.2, 0.25) is 0 Å². The van der Waals surface area contributed by atoms with Gasteiger partial charge in [-0.05, 0) is 46.0 Å². The summed E-state index contributed by atoms with van der Waals surface area (Å²) >= 11 is 0. The Hall–Kier alpha value is 0.250. The van der Waals surface area contributed by atoms with E-state index in [1.54, 1.807) is 0 Å². The van der Waals surface area contributed by atoms with Crippen LogP contribution in [0.3, 0.4) is 0 Å². The number of halogens is 1. The lowest BCUT2D eigenvalue weighted by molar-refractivity contribution is -0.956. The van der Waals surface area contributed by atoms with E-state index in [0.717, 1.165) is 0 Å². The lowest BCUT2D eigenvalue weighted by Crippen LogP contribution is -3.00. The van der Waals surface area contributed by atoms with E-state index >= 15 is 0 Å². The molecule has 322 valence electrons. The van der Waals surface area contributed by atoms with E-state index in [4.69, 9.17) is 0 Å². The summed E-state index contributed by atoms with van der Waals surface area (Å²) in [4.78, 5) is 0. The van der Waals surface area contributed by atoms with Gasteiger partial charge in [0.05, 0.1) is 25.7 Å². The molecule has 0 radical (unpaired) electrons. The van der Waals surface area contributed by atoms with Crippen LogP contribution in [-0.2, 0) is 0 Å². The fourth-order valence-corrected chi connectivity index (χ4v) is 8.87. The third-order valence-electron chi connectivity index (χ3n) is 13.4. The van der Waals surface area contributed by atoms with Gasteiger partial charge in [-0.2, -0.15) is 0 Å². The zero-order chi connectivity index (χ0) is 38.1. The SMILES string of the molecule is CCCCCCCCCCCCCCCC[N+](C)(CCCCCCCCCCCCCCCC)C(C)(C)CCCCCCCCCCCCCCC.[Cl-]. The van der Waals surface area contributed by atoms with E-state index in [-0.39, 0.29) is 12.4 Å². The lowest BCUT2D eigenvalue weighted by atomic mass is 9.90. The predicted octanol–water partition coefficient (Wildman–Crippen LogP) is 15.7. The standard InChI is InChI=1S/C51H106N.ClH/c1-7-10-13-16-19-22-25-28-31-34-37-40-43-46-49-52(6,50-47-44-41-38-35-32-29-26-23-20-17-14-11-8-2)51(4,5)48-45-42-39-36-33-30-27-24-21-18-15-12-9-3;/h7-50H2,1-6H3;1H/q+1;/p-1. The highest BCUT2D eigenvalue weighted by Crippen LogP contribution is 2.31. The largest absolute Gasteiger partial charge is 1.00 e. The molecule has 0 saturated carbocycles. The topological polar surface area (TPSA) is 0 Å². The van der Waals surface area contributed by atoms with Gasteiger partial charge in [-0.1, -0.05) is 252 Å². The van der Waals surface area contributed by atoms with Crippen LogP contribution in [0.4, 0.5) is 0 Å². The quantitative estimate of drug-likeness (QED) is 0.0428. The average Bonchev–Trinajstić information content (AvgIpc) is 3.13. The van der Waals surface area contributed by atoms with Crippen LogP contribution in [0.15, 0.2) is 0 Å². The van der Waals surface area contributed by atoms with Crippen LogP contribution in [0.5, 0.6) is 0 Å². The second-order valence-corrected chi connectivity index (χ2v) is 18.8. The summed E-state index contributed by atoms with van der Waals surface area (Å²) in [6.45, 7) is 15.1. The number of rotatable bonds is 45. The molecule has 0 aromatic heterocycles. The predicted molar refractivity (Wildman–Crippen MR) is 241 cm³/mol. The lowest BCUT2D eigenvalue weighted by Gasteiger charge is -2.48. The van der Waals surface area contributed by atoms with Gasteiger partial charge in [0.1, 0.15) is 0 Å². The van der Waals surface area contributed by atoms with Crippen LogP contribution in [-0.4, -0.2) is 30.2 Å². The van der Waals surface area contributed by atoms with E-state index in [9.17, 15) is 0 Å². The van der Waals surface area contributed by atoms with Crippen molar-refractivity contribution in [2.75, 3.05) is 20.1 Å². The molecule has 0 atom stereocenters. The maximum absolute atomic E-state index is 2.66. The zero-order valence-corrected chi connectivity index (χ0v) is 39.2. The Morgan fingerprint density at radius 1 is 0.264 bits per heavy atom. The summed E-state index contributed by atoms with van der Waals surface area (Å²) < 4.78 is 1.32. The van der Waals surface area contributed by atoms with Crippen molar-refractivity contribution in [3.8, 4) is 0 Å². The van der Waals surface area contributed by atoms with Crippen molar-refractivity contribution in [2.24, 2.45) is 0 Å². The maximum Gasteiger partial charge on any atom is 0.0933 e. The third-order valence-corrected chi connectivity index (χ3v) is 13.4. The summed E-state index contributed by atoms with van der Waals surface area (Å²) in [6.07, 6.45) is 61.3. The number of quaternary nitrogens is 1. The van der Waals surface area contributed by atoms with E-state index in [2.05, 4.69) is 41.7 Å². The fraction of sp³-hybridized carbons (Fsp3) is 1.00. The number of hydrogen-bond acceptors (Lipinski definition) is 0. The van der Waals surface area contributed by atoms with Crippen LogP contribution in [0.25, 0.3) is 0 Å². The molecule has 0 N–H and O–H groups in total. The molecule has 2 heteroatoms. The second-order valence-electron chi connectivity index (χ2n) is 18.8. The van der Waals surface area contributed by atoms with Crippen LogP contribution < -0.4 is 12.4 Å². The van der Waals surface area contributed by atoms with E-state index in [1.165, 1.54) is 287 Å². The Morgan fingerprint density at radius 2 is 0.434 bits per heavy atom. The van der Waals surface area contributed by atoms with Crippen molar-refractivity contribution in [2.45, 2.75) is 310 Å². The first-order chi connectivity index (χ1) is 25.4. The summed E-state index contributed by atoms with van der Waals surface area (Å²) in [5.41, 5.74) is 0.408. The third kappa shape index (κ3) is 37.6. The van der Waals surface area contributed by atoms with Crippen LogP contribution in [0, 0.1) is 0 Å². The van der Waals surface area contributed by atoms with Crippen molar-refractivity contribution >= 4 is 0 Å². The number of nitrogens with zero attached hydrogens (tertiary/aromatic N) is 1. The first kappa shape index (κ1) is 55.3. The van der Waals surface area contributed by atoms with Crippen molar-refractivity contribution in [3.63, 3.8) is 0 Å². The highest BCUT2D eigenvalue weighted by atomic mass is 35.5. The number of unbranched alkanes of at least 4 members (excludes halogenated alkanes) is 38. The van der Waals surface area contributed by atoms with Gasteiger partial charge in [0, 0.05) is 6.42 Å². The van der Waals surface area contributed by atoms with Gasteiger partial charge in [0.25, 0.3) is 0 Å². The zero-order valence-electron chi connectivity index (χ0n) is 38.4. The Bertz CT molecular complexity index is 627. The molecular weight excluding hydrogens is 662 g/mol. The van der Waals surface area contributed by atoms with Gasteiger partial charge in [-0.15, -0.1) is 0 Å². The monoisotopic (exact) mass is 768 g/mol. The summed E-state index contributed by atoms with van der Waals surface area (Å²) in [5, 5.41) is 0. The van der Waals surface area contributed by atoms with Gasteiger partial charge in [-0.25, -0.2) is 0 Å². The summed E-state index contributed by atoms with van der Waals surface area (Å²) in [6, 6.07) is 0. The molecule has 0 heterocycles. The molecule has 0 spiro atoms. The highest BCUT2D eigenvalue weighted by Gasteiger charge is 2.38. The molecule has 53 heavy (non-hydrogen) atoms. The number of hydrogen-bond donors (Lipinski definition) is 0. The van der Waals surface area contributed by atoms with Crippen molar-refractivity contribution in [1.29, 1.82) is 0 Å². The van der Waals surface area contributed by atoms with Gasteiger partial charge in [0.2, 0.25) is 0 Å². The molecule has 0 fully saturated rings. The first-order valence-corrected chi connectivity index (χ1v) is 25.3. The van der Waals surface area contributed by atoms with Crippen molar-refractivity contribution in [3.05, 3.63) is 0 Å². The molecule has 0 rings (SSSR count). The van der Waals surface area contributed by atoms with Gasteiger partial charge in [0.15, 0.2) is 0 Å². The molecule has 0 unspecified atom stereocenters. The van der Waals surface area contributed by atoms with Gasteiger partial charge < -0.3 is 16.9 Å². The molecule has 0 bridgehead atoms. The minimum Gasteiger partial charge on any atom is -1.00 e. The average molecular weight is 769 g/mol. The molecular formula is C51H106ClN. The highest BCUT2D eigenvalue weighted by molar-refractivity contribution is 4.71. The molecule has 0 saturated heterocycles. The van der Waals surface area contributed by atoms with E-state index < -0.39 is 0 Å². The van der Waals surface area contributed by atoms with Crippen LogP contribution >= 0.6 is 0 Å². The normalized spacial score (nSPS) is 12.1. The first-order valence-electron chi connectivity index (χ1n) is 25.3. The van der Waals surface area contributed by atoms with Gasteiger partial charge in [-0.3, -0.25) is 0 Å². The molecule has 0 aliphatic rings.